The van der Waals surface area contributed by atoms with Gasteiger partial charge in [-0.2, -0.15) is 0 Å². The molecule has 0 aliphatic carbocycles. The predicted octanol–water partition coefficient (Wildman–Crippen LogP) is 11.1. The van der Waals surface area contributed by atoms with Crippen LogP contribution in [0, 0.1) is 0 Å². The van der Waals surface area contributed by atoms with Gasteiger partial charge in [0.25, 0.3) is 0 Å². The quantitative estimate of drug-likeness (QED) is 0.188. The molecule has 0 amide bonds. The van der Waals surface area contributed by atoms with Crippen LogP contribution in [0.15, 0.2) is 176 Å². The van der Waals surface area contributed by atoms with Crippen LogP contribution in [0.3, 0.4) is 0 Å². The summed E-state index contributed by atoms with van der Waals surface area (Å²) in [6.07, 6.45) is 0. The van der Waals surface area contributed by atoms with E-state index in [9.17, 15) is 0 Å². The van der Waals surface area contributed by atoms with Gasteiger partial charge in [0.1, 0.15) is 0 Å². The minimum absolute atomic E-state index is 0.620. The van der Waals surface area contributed by atoms with Crippen molar-refractivity contribution in [3.05, 3.63) is 176 Å². The number of benzene rings is 7. The van der Waals surface area contributed by atoms with Crippen LogP contribution < -0.4 is 0 Å². The molecule has 50 heavy (non-hydrogen) atoms. The standard InChI is InChI=1S/C45H29N5/c1-3-16-30(17-4-1)43-46-44(35-23-10-14-28-40(35)50-37-25-11-7-20-32(37)33-21-8-12-26-38(33)50)48-45(47-43)36-24-15-29-41-42(36)34-22-9-13-27-39(34)49(41)31-18-5-2-6-19-31/h1-29H. The largest absolute Gasteiger partial charge is 0.309 e. The lowest BCUT2D eigenvalue weighted by Gasteiger charge is -2.15. The normalized spacial score (nSPS) is 11.6. The zero-order valence-corrected chi connectivity index (χ0v) is 27.0. The number of nitrogens with zero attached hydrogens (tertiary/aromatic N) is 5. The number of para-hydroxylation sites is 5. The lowest BCUT2D eigenvalue weighted by atomic mass is 10.1. The second kappa shape index (κ2) is 11.4. The maximum absolute atomic E-state index is 5.32. The first-order valence-electron chi connectivity index (χ1n) is 16.8. The highest BCUT2D eigenvalue weighted by molar-refractivity contribution is 6.15. The average Bonchev–Trinajstić information content (AvgIpc) is 3.71. The van der Waals surface area contributed by atoms with Crippen molar-refractivity contribution in [1.82, 2.24) is 24.1 Å². The summed E-state index contributed by atoms with van der Waals surface area (Å²) in [4.78, 5) is 15.7. The third kappa shape index (κ3) is 4.37. The molecule has 0 fully saturated rings. The van der Waals surface area contributed by atoms with Gasteiger partial charge in [-0.1, -0.05) is 127 Å². The molecule has 0 spiro atoms. The maximum Gasteiger partial charge on any atom is 0.166 e. The van der Waals surface area contributed by atoms with Crippen LogP contribution in [0.2, 0.25) is 0 Å². The van der Waals surface area contributed by atoms with Crippen LogP contribution in [0.1, 0.15) is 0 Å². The van der Waals surface area contributed by atoms with Crippen molar-refractivity contribution >= 4 is 43.6 Å². The van der Waals surface area contributed by atoms with Crippen molar-refractivity contribution in [2.75, 3.05) is 0 Å². The first-order chi connectivity index (χ1) is 24.8. The van der Waals surface area contributed by atoms with E-state index < -0.39 is 0 Å². The molecule has 0 radical (unpaired) electrons. The van der Waals surface area contributed by atoms with E-state index in [0.717, 1.165) is 60.9 Å². The van der Waals surface area contributed by atoms with Gasteiger partial charge in [0.2, 0.25) is 0 Å². The SMILES string of the molecule is c1ccc(-c2nc(-c3ccccc3-n3c4ccccc4c4ccccc43)nc(-c3cccc4c3c3ccccc3n4-c3ccccc3)n2)cc1. The molecule has 3 heterocycles. The van der Waals surface area contributed by atoms with E-state index in [1.165, 1.54) is 10.8 Å². The topological polar surface area (TPSA) is 48.5 Å². The summed E-state index contributed by atoms with van der Waals surface area (Å²) in [6.45, 7) is 0. The van der Waals surface area contributed by atoms with Crippen molar-refractivity contribution in [3.63, 3.8) is 0 Å². The Labute approximate surface area is 288 Å². The highest BCUT2D eigenvalue weighted by atomic mass is 15.1. The van der Waals surface area contributed by atoms with Crippen molar-refractivity contribution in [1.29, 1.82) is 0 Å². The molecule has 0 bridgehead atoms. The molecule has 0 N–H and O–H groups in total. The molecule has 0 aliphatic rings. The maximum atomic E-state index is 5.32. The number of aromatic nitrogens is 5. The smallest absolute Gasteiger partial charge is 0.166 e. The molecule has 0 saturated heterocycles. The van der Waals surface area contributed by atoms with Crippen molar-refractivity contribution in [2.24, 2.45) is 0 Å². The van der Waals surface area contributed by atoms with Gasteiger partial charge in [0.05, 0.1) is 27.8 Å². The average molecular weight is 640 g/mol. The zero-order chi connectivity index (χ0) is 33.0. The second-order valence-corrected chi connectivity index (χ2v) is 12.4. The van der Waals surface area contributed by atoms with Crippen LogP contribution >= 0.6 is 0 Å². The third-order valence-electron chi connectivity index (χ3n) is 9.59. The minimum Gasteiger partial charge on any atom is -0.309 e. The fourth-order valence-electron chi connectivity index (χ4n) is 7.43. The summed E-state index contributed by atoms with van der Waals surface area (Å²) in [7, 11) is 0. The Morgan fingerprint density at radius 3 is 1.50 bits per heavy atom. The fourth-order valence-corrected chi connectivity index (χ4v) is 7.43. The number of fused-ring (bicyclic) bond motifs is 6. The molecule has 234 valence electrons. The molecular formula is C45H29N5. The van der Waals surface area contributed by atoms with Gasteiger partial charge in [0, 0.05) is 43.9 Å². The Balaban J connectivity index is 1.27. The van der Waals surface area contributed by atoms with Crippen LogP contribution in [-0.2, 0) is 0 Å². The molecular weight excluding hydrogens is 611 g/mol. The molecule has 7 aromatic carbocycles. The molecule has 10 rings (SSSR count). The van der Waals surface area contributed by atoms with Crippen LogP contribution in [0.25, 0.3) is 89.2 Å². The van der Waals surface area contributed by atoms with Gasteiger partial charge in [-0.15, -0.1) is 0 Å². The predicted molar refractivity (Wildman–Crippen MR) is 205 cm³/mol. The number of rotatable bonds is 5. The zero-order valence-electron chi connectivity index (χ0n) is 27.0. The Hall–Kier alpha value is -6.85. The van der Waals surface area contributed by atoms with Crippen molar-refractivity contribution in [2.45, 2.75) is 0 Å². The van der Waals surface area contributed by atoms with Gasteiger partial charge in [-0.25, -0.2) is 15.0 Å². The van der Waals surface area contributed by atoms with Crippen LogP contribution in [0.5, 0.6) is 0 Å². The molecule has 3 aromatic heterocycles. The highest BCUT2D eigenvalue weighted by Crippen LogP contribution is 2.40. The summed E-state index contributed by atoms with van der Waals surface area (Å²) < 4.78 is 4.66. The van der Waals surface area contributed by atoms with E-state index in [1.807, 2.05) is 18.2 Å². The molecule has 10 aromatic rings. The summed E-state index contributed by atoms with van der Waals surface area (Å²) in [5, 5.41) is 4.68. The van der Waals surface area contributed by atoms with Gasteiger partial charge in [-0.3, -0.25) is 0 Å². The van der Waals surface area contributed by atoms with E-state index in [1.54, 1.807) is 0 Å². The number of hydrogen-bond acceptors (Lipinski definition) is 3. The van der Waals surface area contributed by atoms with Gasteiger partial charge >= 0.3 is 0 Å². The van der Waals surface area contributed by atoms with Crippen LogP contribution in [-0.4, -0.2) is 24.1 Å². The Morgan fingerprint density at radius 1 is 0.320 bits per heavy atom. The highest BCUT2D eigenvalue weighted by Gasteiger charge is 2.21. The fraction of sp³-hybridized carbons (Fsp3) is 0. The summed E-state index contributed by atoms with van der Waals surface area (Å²) in [5.74, 6) is 1.88. The first kappa shape index (κ1) is 28.2. The van der Waals surface area contributed by atoms with Crippen LogP contribution in [0.4, 0.5) is 0 Å². The van der Waals surface area contributed by atoms with E-state index in [0.29, 0.717) is 17.5 Å². The van der Waals surface area contributed by atoms with E-state index >= 15 is 0 Å². The van der Waals surface area contributed by atoms with Gasteiger partial charge in [-0.05, 0) is 48.5 Å². The summed E-state index contributed by atoms with van der Waals surface area (Å²) in [6, 6.07) is 61.3. The van der Waals surface area contributed by atoms with Gasteiger partial charge in [0.15, 0.2) is 17.5 Å². The minimum atomic E-state index is 0.620. The van der Waals surface area contributed by atoms with E-state index in [-0.39, 0.29) is 0 Å². The molecule has 0 saturated carbocycles. The molecule has 0 aliphatic heterocycles. The van der Waals surface area contributed by atoms with E-state index in [4.69, 9.17) is 15.0 Å². The first-order valence-corrected chi connectivity index (χ1v) is 16.8. The second-order valence-electron chi connectivity index (χ2n) is 12.4. The molecule has 0 unspecified atom stereocenters. The van der Waals surface area contributed by atoms with Crippen molar-refractivity contribution < 1.29 is 0 Å². The lowest BCUT2D eigenvalue weighted by Crippen LogP contribution is -2.03. The number of hydrogen-bond donors (Lipinski definition) is 0. The monoisotopic (exact) mass is 639 g/mol. The van der Waals surface area contributed by atoms with Crippen molar-refractivity contribution in [3.8, 4) is 45.5 Å². The Morgan fingerprint density at radius 2 is 0.800 bits per heavy atom. The van der Waals surface area contributed by atoms with E-state index in [2.05, 4.69) is 167 Å². The summed E-state index contributed by atoms with van der Waals surface area (Å²) >= 11 is 0. The molecule has 5 nitrogen and oxygen atoms in total. The molecule has 5 heteroatoms. The Kier molecular flexibility index (Phi) is 6.42. The summed E-state index contributed by atoms with van der Waals surface area (Å²) in [5.41, 5.74) is 9.46. The third-order valence-corrected chi connectivity index (χ3v) is 9.59. The van der Waals surface area contributed by atoms with Gasteiger partial charge < -0.3 is 9.13 Å². The lowest BCUT2D eigenvalue weighted by molar-refractivity contribution is 1.07. The Bertz CT molecular complexity index is 2810. The molecule has 0 atom stereocenters.